The minimum Gasteiger partial charge on any atom is -0.480 e. The highest BCUT2D eigenvalue weighted by Crippen LogP contribution is 2.20. The fourth-order valence-corrected chi connectivity index (χ4v) is 1.59. The van der Waals surface area contributed by atoms with Crippen LogP contribution in [0.25, 0.3) is 0 Å². The van der Waals surface area contributed by atoms with Crippen molar-refractivity contribution in [2.24, 2.45) is 0 Å². The molecule has 0 radical (unpaired) electrons. The molecule has 0 saturated heterocycles. The van der Waals surface area contributed by atoms with Crippen molar-refractivity contribution in [1.29, 1.82) is 0 Å². The number of nitrogens with zero attached hydrogens (tertiary/aromatic N) is 1. The van der Waals surface area contributed by atoms with Crippen LogP contribution in [-0.2, 0) is 4.79 Å². The summed E-state index contributed by atoms with van der Waals surface area (Å²) < 4.78 is 0. The highest BCUT2D eigenvalue weighted by Gasteiger charge is 2.10. The molecule has 0 aliphatic rings. The van der Waals surface area contributed by atoms with Gasteiger partial charge in [-0.05, 0) is 38.0 Å². The van der Waals surface area contributed by atoms with Crippen molar-refractivity contribution in [3.05, 3.63) is 29.3 Å². The largest absolute Gasteiger partial charge is 0.480 e. The Morgan fingerprint density at radius 3 is 2.60 bits per heavy atom. The van der Waals surface area contributed by atoms with Crippen molar-refractivity contribution in [3.63, 3.8) is 0 Å². The zero-order valence-electron chi connectivity index (χ0n) is 9.45. The first-order valence-electron chi connectivity index (χ1n) is 5.08. The van der Waals surface area contributed by atoms with Gasteiger partial charge in [0, 0.05) is 12.2 Å². The minimum absolute atomic E-state index is 0.0563. The molecular weight excluding hydrogens is 190 g/mol. The van der Waals surface area contributed by atoms with Gasteiger partial charge < -0.3 is 10.0 Å². The van der Waals surface area contributed by atoms with E-state index in [1.54, 1.807) is 0 Å². The van der Waals surface area contributed by atoms with Crippen LogP contribution in [-0.4, -0.2) is 24.2 Å². The molecule has 82 valence electrons. The number of hydrogen-bond acceptors (Lipinski definition) is 2. The van der Waals surface area contributed by atoms with E-state index in [-0.39, 0.29) is 6.54 Å². The SMILES string of the molecule is CCN(CC(=O)O)c1cc(C)ccc1C. The van der Waals surface area contributed by atoms with Crippen LogP contribution in [0.3, 0.4) is 0 Å². The van der Waals surface area contributed by atoms with Crippen molar-refractivity contribution >= 4 is 11.7 Å². The smallest absolute Gasteiger partial charge is 0.323 e. The molecule has 15 heavy (non-hydrogen) atoms. The molecule has 0 saturated carbocycles. The van der Waals surface area contributed by atoms with Gasteiger partial charge in [-0.2, -0.15) is 0 Å². The van der Waals surface area contributed by atoms with Crippen LogP contribution in [0.4, 0.5) is 5.69 Å². The van der Waals surface area contributed by atoms with Gasteiger partial charge in [0.25, 0.3) is 0 Å². The van der Waals surface area contributed by atoms with Crippen molar-refractivity contribution in [2.45, 2.75) is 20.8 Å². The van der Waals surface area contributed by atoms with Crippen LogP contribution in [0.15, 0.2) is 18.2 Å². The summed E-state index contributed by atoms with van der Waals surface area (Å²) in [5.41, 5.74) is 3.28. The second-order valence-corrected chi connectivity index (χ2v) is 3.70. The summed E-state index contributed by atoms with van der Waals surface area (Å²) in [6.45, 7) is 6.74. The maximum atomic E-state index is 10.7. The number of carbonyl (C=O) groups is 1. The van der Waals surface area contributed by atoms with Crippen molar-refractivity contribution in [2.75, 3.05) is 18.0 Å². The quantitative estimate of drug-likeness (QED) is 0.823. The molecule has 1 aromatic rings. The number of carboxylic acid groups (broad SMARTS) is 1. The fourth-order valence-electron chi connectivity index (χ4n) is 1.59. The molecule has 3 nitrogen and oxygen atoms in total. The van der Waals surface area contributed by atoms with Gasteiger partial charge in [0.05, 0.1) is 0 Å². The lowest BCUT2D eigenvalue weighted by atomic mass is 10.1. The first kappa shape index (κ1) is 11.6. The molecule has 0 atom stereocenters. The highest BCUT2D eigenvalue weighted by atomic mass is 16.4. The molecule has 3 heteroatoms. The van der Waals surface area contributed by atoms with Gasteiger partial charge in [0.15, 0.2) is 0 Å². The maximum Gasteiger partial charge on any atom is 0.323 e. The standard InChI is InChI=1S/C12H17NO2/c1-4-13(8-12(14)15)11-7-9(2)5-6-10(11)3/h5-7H,4,8H2,1-3H3,(H,14,15). The number of hydrogen-bond donors (Lipinski definition) is 1. The summed E-state index contributed by atoms with van der Waals surface area (Å²) >= 11 is 0. The van der Waals surface area contributed by atoms with Crippen LogP contribution in [0.2, 0.25) is 0 Å². The Morgan fingerprint density at radius 2 is 2.07 bits per heavy atom. The molecule has 1 aromatic carbocycles. The number of anilines is 1. The first-order chi connectivity index (χ1) is 7.04. The molecule has 0 unspecified atom stereocenters. The predicted molar refractivity (Wildman–Crippen MR) is 61.4 cm³/mol. The van der Waals surface area contributed by atoms with E-state index in [4.69, 9.17) is 5.11 Å². The van der Waals surface area contributed by atoms with E-state index in [2.05, 4.69) is 0 Å². The lowest BCUT2D eigenvalue weighted by Gasteiger charge is -2.23. The zero-order valence-corrected chi connectivity index (χ0v) is 9.45. The Balaban J connectivity index is 3.00. The van der Waals surface area contributed by atoms with E-state index in [1.165, 1.54) is 0 Å². The van der Waals surface area contributed by atoms with Crippen LogP contribution in [0.5, 0.6) is 0 Å². The van der Waals surface area contributed by atoms with Crippen molar-refractivity contribution in [3.8, 4) is 0 Å². The number of rotatable bonds is 4. The monoisotopic (exact) mass is 207 g/mol. The molecule has 1 N–H and O–H groups in total. The Hall–Kier alpha value is -1.51. The second-order valence-electron chi connectivity index (χ2n) is 3.70. The number of benzene rings is 1. The number of aryl methyl sites for hydroxylation is 2. The molecule has 0 aromatic heterocycles. The van der Waals surface area contributed by atoms with Gasteiger partial charge >= 0.3 is 5.97 Å². The average molecular weight is 207 g/mol. The summed E-state index contributed by atoms with van der Waals surface area (Å²) in [4.78, 5) is 12.6. The molecule has 0 heterocycles. The summed E-state index contributed by atoms with van der Waals surface area (Å²) in [7, 11) is 0. The van der Waals surface area contributed by atoms with Crippen LogP contribution in [0.1, 0.15) is 18.1 Å². The number of carboxylic acids is 1. The third-order valence-corrected chi connectivity index (χ3v) is 2.41. The van der Waals surface area contributed by atoms with E-state index in [9.17, 15) is 4.79 Å². The van der Waals surface area contributed by atoms with E-state index in [0.29, 0.717) is 6.54 Å². The summed E-state index contributed by atoms with van der Waals surface area (Å²) in [6.07, 6.45) is 0. The Morgan fingerprint density at radius 1 is 1.40 bits per heavy atom. The molecule has 0 spiro atoms. The summed E-state index contributed by atoms with van der Waals surface area (Å²) in [5.74, 6) is -0.794. The van der Waals surface area contributed by atoms with E-state index < -0.39 is 5.97 Å². The van der Waals surface area contributed by atoms with Crippen LogP contribution >= 0.6 is 0 Å². The molecule has 1 rings (SSSR count). The normalized spacial score (nSPS) is 10.1. The van der Waals surface area contributed by atoms with Crippen LogP contribution in [0, 0.1) is 13.8 Å². The molecule has 0 aliphatic carbocycles. The molecule has 0 amide bonds. The minimum atomic E-state index is -0.794. The lowest BCUT2D eigenvalue weighted by molar-refractivity contribution is -0.135. The number of aliphatic carboxylic acids is 1. The van der Waals surface area contributed by atoms with Crippen LogP contribution < -0.4 is 4.90 Å². The Kier molecular flexibility index (Phi) is 3.72. The predicted octanol–water partition coefficient (Wildman–Crippen LogP) is 2.21. The maximum absolute atomic E-state index is 10.7. The molecular formula is C12H17NO2. The van der Waals surface area contributed by atoms with Gasteiger partial charge in [-0.15, -0.1) is 0 Å². The van der Waals surface area contributed by atoms with Gasteiger partial charge in [-0.3, -0.25) is 4.79 Å². The van der Waals surface area contributed by atoms with Gasteiger partial charge in [-0.1, -0.05) is 12.1 Å². The highest BCUT2D eigenvalue weighted by molar-refractivity contribution is 5.74. The second kappa shape index (κ2) is 4.82. The van der Waals surface area contributed by atoms with E-state index >= 15 is 0 Å². The van der Waals surface area contributed by atoms with E-state index in [0.717, 1.165) is 16.8 Å². The first-order valence-corrected chi connectivity index (χ1v) is 5.08. The van der Waals surface area contributed by atoms with E-state index in [1.807, 2.05) is 43.9 Å². The fraction of sp³-hybridized carbons (Fsp3) is 0.417. The van der Waals surface area contributed by atoms with Crippen molar-refractivity contribution < 1.29 is 9.90 Å². The molecule has 0 aliphatic heterocycles. The lowest BCUT2D eigenvalue weighted by Crippen LogP contribution is -2.29. The molecule has 0 fully saturated rings. The van der Waals surface area contributed by atoms with Gasteiger partial charge in [0.1, 0.15) is 6.54 Å². The van der Waals surface area contributed by atoms with Gasteiger partial charge in [0.2, 0.25) is 0 Å². The Labute approximate surface area is 90.3 Å². The topological polar surface area (TPSA) is 40.5 Å². The zero-order chi connectivity index (χ0) is 11.4. The Bertz CT molecular complexity index is 361. The third-order valence-electron chi connectivity index (χ3n) is 2.41. The average Bonchev–Trinajstić information content (AvgIpc) is 2.18. The van der Waals surface area contributed by atoms with Crippen molar-refractivity contribution in [1.82, 2.24) is 0 Å². The third kappa shape index (κ3) is 2.98. The molecule has 0 bridgehead atoms. The van der Waals surface area contributed by atoms with Gasteiger partial charge in [-0.25, -0.2) is 0 Å². The summed E-state index contributed by atoms with van der Waals surface area (Å²) in [5, 5.41) is 8.79. The number of likely N-dealkylation sites (N-methyl/N-ethyl adjacent to an activating group) is 1. The summed E-state index contributed by atoms with van der Waals surface area (Å²) in [6, 6.07) is 6.09.